The molecule has 0 aliphatic heterocycles. The molecule has 1 atom stereocenters. The molecule has 0 aromatic rings. The fourth-order valence-corrected chi connectivity index (χ4v) is 2.57. The zero-order chi connectivity index (χ0) is 20.1. The number of ether oxygens (including phenoxy) is 2. The molecule has 0 aromatic carbocycles. The monoisotopic (exact) mass is 376 g/mol. The zero-order valence-electron chi connectivity index (χ0n) is 17.4. The Morgan fingerprint density at radius 1 is 1.30 bits per heavy atom. The molecule has 1 fully saturated rings. The van der Waals surface area contributed by atoms with E-state index in [4.69, 9.17) is 14.5 Å². The molecule has 5 nitrogen and oxygen atoms in total. The fraction of sp³-hybridized carbons (Fsp3) is 0.636. The second kappa shape index (κ2) is 13.4. The van der Waals surface area contributed by atoms with Crippen molar-refractivity contribution in [1.29, 1.82) is 0 Å². The van der Waals surface area contributed by atoms with E-state index in [9.17, 15) is 4.79 Å². The Labute approximate surface area is 164 Å². The highest BCUT2D eigenvalue weighted by Crippen LogP contribution is 2.26. The normalized spacial score (nSPS) is 16.8. The molecule has 1 rings (SSSR count). The molecule has 1 aliphatic rings. The lowest BCUT2D eigenvalue weighted by Crippen LogP contribution is -2.27. The van der Waals surface area contributed by atoms with E-state index < -0.39 is 0 Å². The maximum absolute atomic E-state index is 11.5. The summed E-state index contributed by atoms with van der Waals surface area (Å²) in [6.07, 6.45) is 12.7. The van der Waals surface area contributed by atoms with Crippen LogP contribution in [0, 0.1) is 5.92 Å². The maximum atomic E-state index is 11.5. The Hall–Kier alpha value is -1.72. The number of carbonyl (C=O) groups is 1. The van der Waals surface area contributed by atoms with Gasteiger partial charge in [0.1, 0.15) is 0 Å². The van der Waals surface area contributed by atoms with Gasteiger partial charge in [0, 0.05) is 32.1 Å². The predicted octanol–water partition coefficient (Wildman–Crippen LogP) is 4.16. The summed E-state index contributed by atoms with van der Waals surface area (Å²) in [6, 6.07) is 0.359. The molecule has 152 valence electrons. The number of allylic oxidation sites excluding steroid dienone is 3. The van der Waals surface area contributed by atoms with Gasteiger partial charge in [0.25, 0.3) is 0 Å². The highest BCUT2D eigenvalue weighted by Gasteiger charge is 2.28. The Morgan fingerprint density at radius 3 is 2.59 bits per heavy atom. The first-order valence-electron chi connectivity index (χ1n) is 9.90. The Morgan fingerprint density at radius 2 is 2.04 bits per heavy atom. The SMILES string of the molecule is C=CC\C=C/C(=N/C(=C\C(C)OCCCOC)CN(C=O)C1CC1)C(C)C. The Bertz CT molecular complexity index is 534. The highest BCUT2D eigenvalue weighted by molar-refractivity contribution is 5.97. The molecule has 1 unspecified atom stereocenters. The van der Waals surface area contributed by atoms with E-state index >= 15 is 0 Å². The lowest BCUT2D eigenvalue weighted by atomic mass is 10.1. The summed E-state index contributed by atoms with van der Waals surface area (Å²) in [7, 11) is 1.69. The number of carbonyl (C=O) groups excluding carboxylic acids is 1. The lowest BCUT2D eigenvalue weighted by molar-refractivity contribution is -0.118. The van der Waals surface area contributed by atoms with Gasteiger partial charge in [-0.3, -0.25) is 9.79 Å². The van der Waals surface area contributed by atoms with Crippen molar-refractivity contribution >= 4 is 12.1 Å². The predicted molar refractivity (Wildman–Crippen MR) is 112 cm³/mol. The first-order chi connectivity index (χ1) is 13.0. The van der Waals surface area contributed by atoms with E-state index in [1.54, 1.807) is 7.11 Å². The van der Waals surface area contributed by atoms with Crippen LogP contribution < -0.4 is 0 Å². The lowest BCUT2D eigenvalue weighted by Gasteiger charge is -2.19. The van der Waals surface area contributed by atoms with E-state index in [1.165, 1.54) is 0 Å². The zero-order valence-corrected chi connectivity index (χ0v) is 17.4. The van der Waals surface area contributed by atoms with Crippen LogP contribution in [0.25, 0.3) is 0 Å². The third kappa shape index (κ3) is 10.3. The van der Waals surface area contributed by atoms with Crippen LogP contribution >= 0.6 is 0 Å². The largest absolute Gasteiger partial charge is 0.385 e. The minimum absolute atomic E-state index is 0.0705. The summed E-state index contributed by atoms with van der Waals surface area (Å²) in [5.74, 6) is 0.290. The van der Waals surface area contributed by atoms with Crippen LogP contribution in [0.4, 0.5) is 0 Å². The molecule has 1 aliphatic carbocycles. The minimum atomic E-state index is -0.0705. The van der Waals surface area contributed by atoms with E-state index in [0.29, 0.717) is 25.8 Å². The van der Waals surface area contributed by atoms with Gasteiger partial charge in [0.2, 0.25) is 6.41 Å². The standard InChI is InChI=1S/C22H36N2O3/c1-6-7-8-10-22(18(2)3)23-20(16-24(17-25)21-11-12-21)15-19(4)27-14-9-13-26-5/h6,8,10,15,17-19,21H,1,7,9,11-14,16H2,2-5H3/b10-8-,20-15-,23-22-. The highest BCUT2D eigenvalue weighted by atomic mass is 16.5. The van der Waals surface area contributed by atoms with Crippen molar-refractivity contribution in [3.63, 3.8) is 0 Å². The van der Waals surface area contributed by atoms with E-state index in [0.717, 1.165) is 43.5 Å². The quantitative estimate of drug-likeness (QED) is 0.187. The van der Waals surface area contributed by atoms with Gasteiger partial charge in [-0.2, -0.15) is 0 Å². The smallest absolute Gasteiger partial charge is 0.210 e. The average Bonchev–Trinajstić information content (AvgIpc) is 3.47. The van der Waals surface area contributed by atoms with Gasteiger partial charge in [-0.1, -0.05) is 26.0 Å². The van der Waals surface area contributed by atoms with Crippen LogP contribution in [0.5, 0.6) is 0 Å². The number of rotatable bonds is 15. The number of aliphatic imine (C=N–C) groups is 1. The summed E-state index contributed by atoms with van der Waals surface area (Å²) in [6.45, 7) is 11.8. The fourth-order valence-electron chi connectivity index (χ4n) is 2.57. The van der Waals surface area contributed by atoms with Crippen molar-refractivity contribution in [2.45, 2.75) is 58.6 Å². The first-order valence-corrected chi connectivity index (χ1v) is 9.90. The summed E-state index contributed by atoms with van der Waals surface area (Å²) < 4.78 is 10.9. The van der Waals surface area contributed by atoms with Gasteiger partial charge in [-0.25, -0.2) is 0 Å². The molecular weight excluding hydrogens is 340 g/mol. The summed E-state index contributed by atoms with van der Waals surface area (Å²) in [5.41, 5.74) is 1.87. The van der Waals surface area contributed by atoms with Gasteiger partial charge in [-0.15, -0.1) is 6.58 Å². The van der Waals surface area contributed by atoms with Crippen LogP contribution in [0.1, 0.15) is 46.5 Å². The molecule has 0 radical (unpaired) electrons. The van der Waals surface area contributed by atoms with Crippen LogP contribution in [0.2, 0.25) is 0 Å². The average molecular weight is 377 g/mol. The number of methoxy groups -OCH3 is 1. The van der Waals surface area contributed by atoms with Crippen molar-refractivity contribution in [3.8, 4) is 0 Å². The summed E-state index contributed by atoms with van der Waals surface area (Å²) in [4.78, 5) is 18.2. The molecule has 0 N–H and O–H groups in total. The van der Waals surface area contributed by atoms with Crippen molar-refractivity contribution < 1.29 is 14.3 Å². The van der Waals surface area contributed by atoms with Crippen molar-refractivity contribution in [2.75, 3.05) is 26.9 Å². The topological polar surface area (TPSA) is 51.1 Å². The summed E-state index contributed by atoms with van der Waals surface area (Å²) in [5, 5.41) is 0. The van der Waals surface area contributed by atoms with Crippen LogP contribution in [-0.2, 0) is 14.3 Å². The molecule has 0 aromatic heterocycles. The van der Waals surface area contributed by atoms with Gasteiger partial charge >= 0.3 is 0 Å². The molecule has 1 amide bonds. The number of nitrogens with zero attached hydrogens (tertiary/aromatic N) is 2. The molecule has 0 saturated heterocycles. The molecule has 0 spiro atoms. The first kappa shape index (κ1) is 23.3. The van der Waals surface area contributed by atoms with Crippen molar-refractivity contribution in [3.05, 3.63) is 36.6 Å². The second-order valence-electron chi connectivity index (χ2n) is 7.21. The van der Waals surface area contributed by atoms with E-state index in [2.05, 4.69) is 26.5 Å². The Balaban J connectivity index is 2.92. The molecule has 1 saturated carbocycles. The third-order valence-corrected chi connectivity index (χ3v) is 4.25. The molecule has 27 heavy (non-hydrogen) atoms. The number of hydrogen-bond donors (Lipinski definition) is 0. The van der Waals surface area contributed by atoms with Gasteiger partial charge < -0.3 is 14.4 Å². The number of hydrogen-bond acceptors (Lipinski definition) is 4. The minimum Gasteiger partial charge on any atom is -0.385 e. The van der Waals surface area contributed by atoms with E-state index in [1.807, 2.05) is 30.1 Å². The van der Waals surface area contributed by atoms with E-state index in [-0.39, 0.29) is 12.0 Å². The number of amides is 1. The molecule has 0 heterocycles. The maximum Gasteiger partial charge on any atom is 0.210 e. The van der Waals surface area contributed by atoms with Crippen molar-refractivity contribution in [2.24, 2.45) is 10.9 Å². The van der Waals surface area contributed by atoms with Crippen molar-refractivity contribution in [1.82, 2.24) is 4.90 Å². The van der Waals surface area contributed by atoms with Gasteiger partial charge in [-0.05, 0) is 50.7 Å². The molecule has 0 bridgehead atoms. The Kier molecular flexibility index (Phi) is 11.6. The summed E-state index contributed by atoms with van der Waals surface area (Å²) >= 11 is 0. The van der Waals surface area contributed by atoms with Gasteiger partial charge in [0.15, 0.2) is 0 Å². The molecular formula is C22H36N2O3. The molecule has 5 heteroatoms. The third-order valence-electron chi connectivity index (χ3n) is 4.25. The van der Waals surface area contributed by atoms with Crippen LogP contribution in [0.3, 0.4) is 0 Å². The van der Waals surface area contributed by atoms with Crippen LogP contribution in [-0.4, -0.2) is 56.0 Å². The van der Waals surface area contributed by atoms with Crippen LogP contribution in [0.15, 0.2) is 41.6 Å². The van der Waals surface area contributed by atoms with Gasteiger partial charge in [0.05, 0.1) is 18.3 Å². The second-order valence-corrected chi connectivity index (χ2v) is 7.21.